The molecule has 0 saturated carbocycles. The number of aromatic amines is 1. The number of H-pyrrole nitrogens is 1. The lowest BCUT2D eigenvalue weighted by Crippen LogP contribution is -2.35. The van der Waals surface area contributed by atoms with Crippen molar-refractivity contribution in [3.05, 3.63) is 64.8 Å². The summed E-state index contributed by atoms with van der Waals surface area (Å²) in [6.07, 6.45) is 6.86. The fourth-order valence-corrected chi connectivity index (χ4v) is 4.44. The van der Waals surface area contributed by atoms with Gasteiger partial charge < -0.3 is 9.88 Å². The number of hydrogen-bond donors (Lipinski definition) is 1. The Labute approximate surface area is 147 Å². The van der Waals surface area contributed by atoms with Gasteiger partial charge >= 0.3 is 0 Å². The van der Waals surface area contributed by atoms with E-state index in [-0.39, 0.29) is 5.91 Å². The van der Waals surface area contributed by atoms with Gasteiger partial charge in [-0.25, -0.2) is 0 Å². The zero-order valence-corrected chi connectivity index (χ0v) is 14.3. The fraction of sp³-hybridized carbons (Fsp3) is 0.318. The molecule has 2 aromatic carbocycles. The molecule has 0 saturated heterocycles. The number of anilines is 1. The SMILES string of the molecule is O=C(c1ccc2[nH]c3c(c2c1)CCCC3)N1CCCc2ccccc21. The molecule has 1 amide bonds. The molecule has 0 fully saturated rings. The first kappa shape index (κ1) is 14.8. The quantitative estimate of drug-likeness (QED) is 0.693. The number of aryl methyl sites for hydroxylation is 3. The van der Waals surface area contributed by atoms with Crippen molar-refractivity contribution in [2.45, 2.75) is 38.5 Å². The average Bonchev–Trinajstić information content (AvgIpc) is 3.05. The van der Waals surface area contributed by atoms with Crippen LogP contribution in [0.15, 0.2) is 42.5 Å². The normalized spacial score (nSPS) is 16.6. The van der Waals surface area contributed by atoms with Crippen LogP contribution in [0.4, 0.5) is 5.69 Å². The van der Waals surface area contributed by atoms with E-state index in [9.17, 15) is 4.79 Å². The summed E-state index contributed by atoms with van der Waals surface area (Å²) < 4.78 is 0. The molecular formula is C22H22N2O. The largest absolute Gasteiger partial charge is 0.358 e. The lowest BCUT2D eigenvalue weighted by atomic mass is 9.95. The summed E-state index contributed by atoms with van der Waals surface area (Å²) in [7, 11) is 0. The molecule has 3 heteroatoms. The maximum absolute atomic E-state index is 13.2. The smallest absolute Gasteiger partial charge is 0.258 e. The lowest BCUT2D eigenvalue weighted by Gasteiger charge is -2.29. The van der Waals surface area contributed by atoms with Crippen molar-refractivity contribution in [2.24, 2.45) is 0 Å². The Morgan fingerprint density at radius 1 is 0.960 bits per heavy atom. The van der Waals surface area contributed by atoms with Gasteiger partial charge in [-0.3, -0.25) is 4.79 Å². The zero-order chi connectivity index (χ0) is 16.8. The Hall–Kier alpha value is -2.55. The van der Waals surface area contributed by atoms with E-state index in [1.54, 1.807) is 0 Å². The van der Waals surface area contributed by atoms with Crippen LogP contribution in [0.5, 0.6) is 0 Å². The van der Waals surface area contributed by atoms with Crippen molar-refractivity contribution >= 4 is 22.5 Å². The molecule has 3 aromatic rings. The Morgan fingerprint density at radius 2 is 1.84 bits per heavy atom. The highest BCUT2D eigenvalue weighted by Gasteiger charge is 2.24. The number of rotatable bonds is 1. The van der Waals surface area contributed by atoms with E-state index in [1.807, 2.05) is 17.0 Å². The van der Waals surface area contributed by atoms with Crippen LogP contribution in [0.25, 0.3) is 10.9 Å². The van der Waals surface area contributed by atoms with E-state index in [0.717, 1.165) is 43.5 Å². The number of nitrogens with zero attached hydrogens (tertiary/aromatic N) is 1. The minimum absolute atomic E-state index is 0.125. The summed E-state index contributed by atoms with van der Waals surface area (Å²) in [6, 6.07) is 14.5. The summed E-state index contributed by atoms with van der Waals surface area (Å²) in [5.41, 5.74) is 7.13. The van der Waals surface area contributed by atoms with Gasteiger partial charge in [0.15, 0.2) is 0 Å². The van der Waals surface area contributed by atoms with Gasteiger partial charge in [-0.1, -0.05) is 18.2 Å². The van der Waals surface area contributed by atoms with E-state index >= 15 is 0 Å². The Kier molecular flexibility index (Phi) is 3.40. The number of aromatic nitrogens is 1. The monoisotopic (exact) mass is 330 g/mol. The predicted octanol–water partition coefficient (Wildman–Crippen LogP) is 4.64. The van der Waals surface area contributed by atoms with Gasteiger partial charge in [0.2, 0.25) is 0 Å². The average molecular weight is 330 g/mol. The second-order valence-corrected chi connectivity index (χ2v) is 7.24. The predicted molar refractivity (Wildman–Crippen MR) is 101 cm³/mol. The molecule has 2 heterocycles. The van der Waals surface area contributed by atoms with E-state index in [0.29, 0.717) is 0 Å². The molecule has 5 rings (SSSR count). The number of para-hydroxylation sites is 1. The molecule has 2 aliphatic rings. The molecule has 0 unspecified atom stereocenters. The number of fused-ring (bicyclic) bond motifs is 4. The molecule has 1 aliphatic heterocycles. The molecular weight excluding hydrogens is 308 g/mol. The molecule has 3 nitrogen and oxygen atoms in total. The summed E-state index contributed by atoms with van der Waals surface area (Å²) in [6.45, 7) is 0.805. The molecule has 25 heavy (non-hydrogen) atoms. The lowest BCUT2D eigenvalue weighted by molar-refractivity contribution is 0.0985. The third-order valence-electron chi connectivity index (χ3n) is 5.70. The van der Waals surface area contributed by atoms with Gasteiger partial charge in [0, 0.05) is 34.4 Å². The maximum atomic E-state index is 13.2. The Balaban J connectivity index is 1.56. The van der Waals surface area contributed by atoms with Crippen LogP contribution in [0, 0.1) is 0 Å². The molecule has 0 radical (unpaired) electrons. The van der Waals surface area contributed by atoms with Crippen molar-refractivity contribution in [1.29, 1.82) is 0 Å². The molecule has 0 spiro atoms. The second kappa shape index (κ2) is 5.76. The van der Waals surface area contributed by atoms with E-state index in [4.69, 9.17) is 0 Å². The summed E-state index contributed by atoms with van der Waals surface area (Å²) >= 11 is 0. The topological polar surface area (TPSA) is 36.1 Å². The minimum atomic E-state index is 0.125. The van der Waals surface area contributed by atoms with Crippen molar-refractivity contribution in [2.75, 3.05) is 11.4 Å². The van der Waals surface area contributed by atoms with Gasteiger partial charge in [0.1, 0.15) is 0 Å². The first-order chi connectivity index (χ1) is 12.3. The number of hydrogen-bond acceptors (Lipinski definition) is 1. The van der Waals surface area contributed by atoms with Crippen molar-refractivity contribution < 1.29 is 4.79 Å². The van der Waals surface area contributed by atoms with Crippen LogP contribution in [0.3, 0.4) is 0 Å². The van der Waals surface area contributed by atoms with Crippen molar-refractivity contribution in [1.82, 2.24) is 4.98 Å². The van der Waals surface area contributed by atoms with Gasteiger partial charge in [0.05, 0.1) is 0 Å². The highest BCUT2D eigenvalue weighted by atomic mass is 16.2. The number of amides is 1. The van der Waals surface area contributed by atoms with E-state index in [1.165, 1.54) is 40.6 Å². The highest BCUT2D eigenvalue weighted by Crippen LogP contribution is 2.32. The molecule has 0 atom stereocenters. The number of benzene rings is 2. The zero-order valence-electron chi connectivity index (χ0n) is 14.3. The fourth-order valence-electron chi connectivity index (χ4n) is 4.44. The molecule has 1 aliphatic carbocycles. The summed E-state index contributed by atoms with van der Waals surface area (Å²) in [5.74, 6) is 0.125. The minimum Gasteiger partial charge on any atom is -0.358 e. The van der Waals surface area contributed by atoms with Gasteiger partial charge in [-0.15, -0.1) is 0 Å². The second-order valence-electron chi connectivity index (χ2n) is 7.24. The number of carbonyl (C=O) groups is 1. The van der Waals surface area contributed by atoms with Crippen molar-refractivity contribution in [3.63, 3.8) is 0 Å². The number of nitrogens with one attached hydrogen (secondary N) is 1. The summed E-state index contributed by atoms with van der Waals surface area (Å²) in [4.78, 5) is 18.7. The molecule has 1 N–H and O–H groups in total. The van der Waals surface area contributed by atoms with Crippen LogP contribution in [0.1, 0.15) is 46.4 Å². The third-order valence-corrected chi connectivity index (χ3v) is 5.70. The van der Waals surface area contributed by atoms with Gasteiger partial charge in [-0.05, 0) is 73.9 Å². The highest BCUT2D eigenvalue weighted by molar-refractivity contribution is 6.08. The van der Waals surface area contributed by atoms with Crippen LogP contribution < -0.4 is 4.90 Å². The standard InChI is InChI=1S/C22H22N2O/c25-22(24-13-5-7-15-6-1-4-10-21(15)24)16-11-12-20-18(14-16)17-8-2-3-9-19(17)23-20/h1,4,6,10-12,14,23H,2-3,5,7-9,13H2. The van der Waals surface area contributed by atoms with Crippen LogP contribution in [0.2, 0.25) is 0 Å². The van der Waals surface area contributed by atoms with E-state index < -0.39 is 0 Å². The first-order valence-corrected chi connectivity index (χ1v) is 9.34. The number of carbonyl (C=O) groups excluding carboxylic acids is 1. The van der Waals surface area contributed by atoms with Crippen LogP contribution >= 0.6 is 0 Å². The molecule has 126 valence electrons. The first-order valence-electron chi connectivity index (χ1n) is 9.34. The molecule has 0 bridgehead atoms. The van der Waals surface area contributed by atoms with Gasteiger partial charge in [-0.2, -0.15) is 0 Å². The Bertz CT molecular complexity index is 969. The third kappa shape index (κ3) is 2.38. The van der Waals surface area contributed by atoms with Crippen molar-refractivity contribution in [3.8, 4) is 0 Å². The molecule has 1 aromatic heterocycles. The maximum Gasteiger partial charge on any atom is 0.258 e. The Morgan fingerprint density at radius 3 is 2.80 bits per heavy atom. The van der Waals surface area contributed by atoms with Crippen LogP contribution in [-0.2, 0) is 19.3 Å². The van der Waals surface area contributed by atoms with Gasteiger partial charge in [0.25, 0.3) is 5.91 Å². The van der Waals surface area contributed by atoms with Crippen LogP contribution in [-0.4, -0.2) is 17.4 Å². The summed E-state index contributed by atoms with van der Waals surface area (Å²) in [5, 5.41) is 1.24. The van der Waals surface area contributed by atoms with E-state index in [2.05, 4.69) is 35.3 Å².